The van der Waals surface area contributed by atoms with Crippen molar-refractivity contribution in [2.75, 3.05) is 12.0 Å². The predicted octanol–water partition coefficient (Wildman–Crippen LogP) is 1.38. The minimum atomic E-state index is -0.273. The van der Waals surface area contributed by atoms with Crippen LogP contribution >= 0.6 is 11.8 Å². The third-order valence-electron chi connectivity index (χ3n) is 2.35. The number of carbonyl (C=O) groups excluding carboxylic acids is 1. The molecule has 0 saturated heterocycles. The van der Waals surface area contributed by atoms with Gasteiger partial charge in [0.05, 0.1) is 6.04 Å². The Balaban J connectivity index is 2.41. The summed E-state index contributed by atoms with van der Waals surface area (Å²) in [7, 11) is 0. The van der Waals surface area contributed by atoms with E-state index in [1.807, 2.05) is 36.6 Å². The molecule has 0 aliphatic rings. The van der Waals surface area contributed by atoms with Gasteiger partial charge in [-0.3, -0.25) is 4.79 Å². The van der Waals surface area contributed by atoms with Crippen LogP contribution in [0.3, 0.4) is 0 Å². The summed E-state index contributed by atoms with van der Waals surface area (Å²) in [6.07, 6.45) is 2.80. The van der Waals surface area contributed by atoms with E-state index < -0.39 is 0 Å². The van der Waals surface area contributed by atoms with Crippen molar-refractivity contribution in [3.05, 3.63) is 35.9 Å². The number of nitrogens with two attached hydrogens (primary N) is 1. The molecular weight excluding hydrogens is 220 g/mol. The van der Waals surface area contributed by atoms with Gasteiger partial charge in [-0.05, 0) is 24.0 Å². The number of rotatable bonds is 7. The van der Waals surface area contributed by atoms with Crippen LogP contribution in [0.5, 0.6) is 0 Å². The van der Waals surface area contributed by atoms with Gasteiger partial charge in [-0.15, -0.1) is 0 Å². The standard InChI is InChI=1S/C12H18N2OS/c1-16-8-7-11(12(13)15)14-9-10-5-3-2-4-6-10/h2-6,11,14H,7-9H2,1H3,(H2,13,15). The van der Waals surface area contributed by atoms with Crippen molar-refractivity contribution in [3.8, 4) is 0 Å². The molecule has 0 fully saturated rings. The highest BCUT2D eigenvalue weighted by atomic mass is 32.2. The molecule has 1 atom stereocenters. The Kier molecular flexibility index (Phi) is 5.96. The first-order valence-corrected chi connectivity index (χ1v) is 6.69. The number of amides is 1. The number of thioether (sulfide) groups is 1. The van der Waals surface area contributed by atoms with Crippen molar-refractivity contribution in [1.29, 1.82) is 0 Å². The van der Waals surface area contributed by atoms with Gasteiger partial charge in [0.2, 0.25) is 5.91 Å². The molecule has 3 N–H and O–H groups in total. The quantitative estimate of drug-likeness (QED) is 0.754. The first kappa shape index (κ1) is 13.1. The Hall–Kier alpha value is -1.00. The summed E-state index contributed by atoms with van der Waals surface area (Å²) in [4.78, 5) is 11.2. The number of hydrogen-bond donors (Lipinski definition) is 2. The minimum Gasteiger partial charge on any atom is -0.368 e. The van der Waals surface area contributed by atoms with Gasteiger partial charge in [0.25, 0.3) is 0 Å². The van der Waals surface area contributed by atoms with E-state index in [4.69, 9.17) is 5.73 Å². The van der Waals surface area contributed by atoms with Crippen LogP contribution in [-0.2, 0) is 11.3 Å². The maximum atomic E-state index is 11.2. The molecule has 16 heavy (non-hydrogen) atoms. The highest BCUT2D eigenvalue weighted by Crippen LogP contribution is 2.03. The molecule has 1 amide bonds. The number of benzene rings is 1. The molecule has 0 aliphatic carbocycles. The second-order valence-corrected chi connectivity index (χ2v) is 4.59. The summed E-state index contributed by atoms with van der Waals surface area (Å²) in [5.74, 6) is 0.667. The fraction of sp³-hybridized carbons (Fsp3) is 0.417. The molecule has 0 spiro atoms. The number of primary amides is 1. The zero-order valence-electron chi connectivity index (χ0n) is 9.48. The monoisotopic (exact) mass is 238 g/mol. The lowest BCUT2D eigenvalue weighted by molar-refractivity contribution is -0.120. The topological polar surface area (TPSA) is 55.1 Å². The lowest BCUT2D eigenvalue weighted by Crippen LogP contribution is -2.41. The van der Waals surface area contributed by atoms with Gasteiger partial charge in [0.1, 0.15) is 0 Å². The summed E-state index contributed by atoms with van der Waals surface area (Å²) in [5.41, 5.74) is 6.50. The molecule has 0 bridgehead atoms. The Morgan fingerprint density at radius 2 is 2.12 bits per heavy atom. The summed E-state index contributed by atoms with van der Waals surface area (Å²) >= 11 is 1.72. The molecule has 0 saturated carbocycles. The number of carbonyl (C=O) groups is 1. The van der Waals surface area contributed by atoms with Gasteiger partial charge >= 0.3 is 0 Å². The van der Waals surface area contributed by atoms with E-state index in [0.717, 1.165) is 17.7 Å². The molecule has 0 aromatic heterocycles. The van der Waals surface area contributed by atoms with Crippen molar-refractivity contribution < 1.29 is 4.79 Å². The zero-order chi connectivity index (χ0) is 11.8. The summed E-state index contributed by atoms with van der Waals surface area (Å²) in [6, 6.07) is 9.77. The third kappa shape index (κ3) is 4.68. The van der Waals surface area contributed by atoms with Crippen molar-refractivity contribution >= 4 is 17.7 Å². The molecule has 0 aliphatic heterocycles. The molecule has 1 aromatic rings. The molecule has 3 nitrogen and oxygen atoms in total. The molecule has 0 heterocycles. The van der Waals surface area contributed by atoms with Gasteiger partial charge < -0.3 is 11.1 Å². The Labute approximate surface area is 101 Å². The van der Waals surface area contributed by atoms with Crippen LogP contribution in [0.25, 0.3) is 0 Å². The maximum Gasteiger partial charge on any atom is 0.234 e. The first-order valence-electron chi connectivity index (χ1n) is 5.29. The van der Waals surface area contributed by atoms with E-state index in [9.17, 15) is 4.79 Å². The van der Waals surface area contributed by atoms with Crippen LogP contribution in [0, 0.1) is 0 Å². The van der Waals surface area contributed by atoms with Crippen LogP contribution in [-0.4, -0.2) is 24.0 Å². The normalized spacial score (nSPS) is 12.3. The average molecular weight is 238 g/mol. The number of nitrogens with one attached hydrogen (secondary N) is 1. The molecule has 1 aromatic carbocycles. The highest BCUT2D eigenvalue weighted by Gasteiger charge is 2.13. The van der Waals surface area contributed by atoms with Crippen LogP contribution in [0.15, 0.2) is 30.3 Å². The van der Waals surface area contributed by atoms with Crippen LogP contribution in [0.2, 0.25) is 0 Å². The Morgan fingerprint density at radius 3 is 2.69 bits per heavy atom. The number of hydrogen-bond acceptors (Lipinski definition) is 3. The van der Waals surface area contributed by atoms with Gasteiger partial charge in [0, 0.05) is 6.54 Å². The van der Waals surface area contributed by atoms with Gasteiger partial charge in [-0.2, -0.15) is 11.8 Å². The minimum absolute atomic E-state index is 0.229. The van der Waals surface area contributed by atoms with E-state index in [1.54, 1.807) is 11.8 Å². The van der Waals surface area contributed by atoms with E-state index >= 15 is 0 Å². The van der Waals surface area contributed by atoms with Gasteiger partial charge in [-0.25, -0.2) is 0 Å². The van der Waals surface area contributed by atoms with E-state index in [1.165, 1.54) is 0 Å². The van der Waals surface area contributed by atoms with E-state index in [2.05, 4.69) is 5.32 Å². The van der Waals surface area contributed by atoms with Crippen molar-refractivity contribution in [3.63, 3.8) is 0 Å². The average Bonchev–Trinajstić information content (AvgIpc) is 2.30. The summed E-state index contributed by atoms with van der Waals surface area (Å²) in [5, 5.41) is 3.18. The third-order valence-corrected chi connectivity index (χ3v) is 2.99. The van der Waals surface area contributed by atoms with E-state index in [0.29, 0.717) is 6.54 Å². The summed E-state index contributed by atoms with van der Waals surface area (Å²) < 4.78 is 0. The molecule has 0 radical (unpaired) electrons. The maximum absolute atomic E-state index is 11.2. The second kappa shape index (κ2) is 7.30. The molecule has 88 valence electrons. The fourth-order valence-electron chi connectivity index (χ4n) is 1.42. The lowest BCUT2D eigenvalue weighted by Gasteiger charge is -2.14. The second-order valence-electron chi connectivity index (χ2n) is 3.60. The highest BCUT2D eigenvalue weighted by molar-refractivity contribution is 7.98. The first-order chi connectivity index (χ1) is 7.74. The Bertz CT molecular complexity index is 316. The molecule has 4 heteroatoms. The lowest BCUT2D eigenvalue weighted by atomic mass is 10.2. The fourth-order valence-corrected chi connectivity index (χ4v) is 1.89. The zero-order valence-corrected chi connectivity index (χ0v) is 10.3. The van der Waals surface area contributed by atoms with Crippen LogP contribution in [0.1, 0.15) is 12.0 Å². The predicted molar refractivity (Wildman–Crippen MR) is 69.3 cm³/mol. The molecule has 1 unspecified atom stereocenters. The van der Waals surface area contributed by atoms with Crippen molar-refractivity contribution in [2.24, 2.45) is 5.73 Å². The summed E-state index contributed by atoms with van der Waals surface area (Å²) in [6.45, 7) is 0.683. The largest absolute Gasteiger partial charge is 0.368 e. The Morgan fingerprint density at radius 1 is 1.44 bits per heavy atom. The van der Waals surface area contributed by atoms with Crippen molar-refractivity contribution in [2.45, 2.75) is 19.0 Å². The van der Waals surface area contributed by atoms with Gasteiger partial charge in [-0.1, -0.05) is 30.3 Å². The smallest absolute Gasteiger partial charge is 0.234 e. The van der Waals surface area contributed by atoms with Crippen LogP contribution < -0.4 is 11.1 Å². The molecule has 1 rings (SSSR count). The van der Waals surface area contributed by atoms with Gasteiger partial charge in [0.15, 0.2) is 0 Å². The molecular formula is C12H18N2OS. The van der Waals surface area contributed by atoms with Crippen LogP contribution in [0.4, 0.5) is 0 Å². The van der Waals surface area contributed by atoms with E-state index in [-0.39, 0.29) is 11.9 Å². The van der Waals surface area contributed by atoms with Crippen molar-refractivity contribution in [1.82, 2.24) is 5.32 Å². The SMILES string of the molecule is CSCCC(NCc1ccccc1)C(N)=O.